The van der Waals surface area contributed by atoms with E-state index >= 15 is 0 Å². The molecule has 0 radical (unpaired) electrons. The summed E-state index contributed by atoms with van der Waals surface area (Å²) in [6.45, 7) is 5.99. The number of halogens is 3. The van der Waals surface area contributed by atoms with E-state index in [9.17, 15) is 13.2 Å². The first-order chi connectivity index (χ1) is 16.4. The molecule has 4 heteroatoms. The lowest BCUT2D eigenvalue weighted by molar-refractivity contribution is -0.249. The number of rotatable bonds is 8. The van der Waals surface area contributed by atoms with Crippen LogP contribution < -0.4 is 0 Å². The molecule has 2 aliphatic carbocycles. The molecule has 0 bridgehead atoms. The van der Waals surface area contributed by atoms with E-state index in [1.165, 1.54) is 43.4 Å². The normalized spacial score (nSPS) is 25.8. The van der Waals surface area contributed by atoms with Crippen molar-refractivity contribution in [3.05, 3.63) is 83.2 Å². The highest BCUT2D eigenvalue weighted by molar-refractivity contribution is 5.30. The third-order valence-corrected chi connectivity index (χ3v) is 8.02. The first-order valence-electron chi connectivity index (χ1n) is 12.9. The van der Waals surface area contributed by atoms with Gasteiger partial charge >= 0.3 is 6.11 Å². The molecule has 0 amide bonds. The number of hydrogen-bond donors (Lipinski definition) is 0. The lowest BCUT2D eigenvalue weighted by Gasteiger charge is -2.27. The summed E-state index contributed by atoms with van der Waals surface area (Å²) in [4.78, 5) is 0. The van der Waals surface area contributed by atoms with E-state index in [0.717, 1.165) is 42.7 Å². The Labute approximate surface area is 202 Å². The van der Waals surface area contributed by atoms with Crippen molar-refractivity contribution in [3.8, 4) is 0 Å². The zero-order valence-corrected chi connectivity index (χ0v) is 20.2. The highest BCUT2D eigenvalue weighted by atomic mass is 19.3. The summed E-state index contributed by atoms with van der Waals surface area (Å²) >= 11 is 0. The van der Waals surface area contributed by atoms with Crippen LogP contribution in [0.2, 0.25) is 0 Å². The molecule has 0 aromatic heterocycles. The Morgan fingerprint density at radius 1 is 0.882 bits per heavy atom. The van der Waals surface area contributed by atoms with Crippen LogP contribution in [-0.2, 0) is 17.3 Å². The smallest absolute Gasteiger partial charge is 0.316 e. The second-order valence-corrected chi connectivity index (χ2v) is 10.4. The van der Waals surface area contributed by atoms with Gasteiger partial charge in [-0.3, -0.25) is 0 Å². The van der Waals surface area contributed by atoms with Crippen molar-refractivity contribution in [2.24, 2.45) is 11.8 Å². The van der Waals surface area contributed by atoms with Crippen LogP contribution in [0.3, 0.4) is 0 Å². The summed E-state index contributed by atoms with van der Waals surface area (Å²) in [6, 6.07) is 12.4. The molecule has 34 heavy (non-hydrogen) atoms. The van der Waals surface area contributed by atoms with Gasteiger partial charge in [0.2, 0.25) is 0 Å². The first-order valence-corrected chi connectivity index (χ1v) is 12.9. The number of hydrogen-bond acceptors (Lipinski definition) is 1. The van der Waals surface area contributed by atoms with Gasteiger partial charge < -0.3 is 4.74 Å². The van der Waals surface area contributed by atoms with Crippen LogP contribution in [0.25, 0.3) is 0 Å². The van der Waals surface area contributed by atoms with E-state index in [0.29, 0.717) is 18.3 Å². The van der Waals surface area contributed by atoms with Gasteiger partial charge in [-0.15, -0.1) is 6.58 Å². The standard InChI is InChI=1S/C30H37F3O/c1-3-22-6-12-26(13-7-22)27-16-17-28(29(31)20-27)30(32,33)34-19-18-23-8-14-25(15-9-23)24-10-4-21(2)5-11-24/h3,8-9,14-17,20-22,24,26H,1,4-7,10-13,18-19H2,2H3/t21-,22-,24-,26-. The molecule has 0 N–H and O–H groups in total. The second kappa shape index (κ2) is 11.1. The molecular formula is C30H37F3O. The highest BCUT2D eigenvalue weighted by Crippen LogP contribution is 2.39. The Bertz CT molecular complexity index is 936. The molecule has 2 aromatic carbocycles. The number of alkyl halides is 2. The second-order valence-electron chi connectivity index (χ2n) is 10.4. The summed E-state index contributed by atoms with van der Waals surface area (Å²) in [5, 5.41) is 0. The van der Waals surface area contributed by atoms with Crippen LogP contribution in [0.1, 0.15) is 92.4 Å². The predicted molar refractivity (Wildman–Crippen MR) is 132 cm³/mol. The van der Waals surface area contributed by atoms with E-state index < -0.39 is 17.5 Å². The molecule has 1 nitrogen and oxygen atoms in total. The molecule has 2 fully saturated rings. The van der Waals surface area contributed by atoms with Crippen molar-refractivity contribution in [1.29, 1.82) is 0 Å². The summed E-state index contributed by atoms with van der Waals surface area (Å²) in [7, 11) is 0. The zero-order valence-electron chi connectivity index (χ0n) is 20.2. The zero-order chi connectivity index (χ0) is 24.1. The molecule has 0 spiro atoms. The molecule has 0 atom stereocenters. The number of benzene rings is 2. The molecule has 2 saturated carbocycles. The van der Waals surface area contributed by atoms with Gasteiger partial charge in [0.1, 0.15) is 5.82 Å². The molecule has 2 aromatic rings. The molecule has 184 valence electrons. The number of ether oxygens (including phenoxy) is 1. The monoisotopic (exact) mass is 470 g/mol. The third kappa shape index (κ3) is 6.13. The van der Waals surface area contributed by atoms with Crippen LogP contribution in [0.4, 0.5) is 13.2 Å². The predicted octanol–water partition coefficient (Wildman–Crippen LogP) is 8.89. The lowest BCUT2D eigenvalue weighted by Crippen LogP contribution is -2.22. The van der Waals surface area contributed by atoms with E-state index in [1.807, 2.05) is 18.2 Å². The topological polar surface area (TPSA) is 9.23 Å². The maximum absolute atomic E-state index is 14.7. The van der Waals surface area contributed by atoms with E-state index in [1.54, 1.807) is 6.07 Å². The van der Waals surface area contributed by atoms with E-state index in [-0.39, 0.29) is 12.5 Å². The van der Waals surface area contributed by atoms with Crippen molar-refractivity contribution in [1.82, 2.24) is 0 Å². The Hall–Kier alpha value is -2.07. The van der Waals surface area contributed by atoms with E-state index in [2.05, 4.69) is 25.6 Å². The average molecular weight is 471 g/mol. The summed E-state index contributed by atoms with van der Waals surface area (Å²) in [5.41, 5.74) is 2.40. The fourth-order valence-electron chi connectivity index (χ4n) is 5.63. The van der Waals surface area contributed by atoms with Crippen molar-refractivity contribution in [2.75, 3.05) is 6.61 Å². The van der Waals surface area contributed by atoms with E-state index in [4.69, 9.17) is 4.74 Å². The summed E-state index contributed by atoms with van der Waals surface area (Å²) < 4.78 is 48.9. The third-order valence-electron chi connectivity index (χ3n) is 8.02. The quantitative estimate of drug-likeness (QED) is 0.350. The highest BCUT2D eigenvalue weighted by Gasteiger charge is 2.36. The van der Waals surface area contributed by atoms with Crippen molar-refractivity contribution >= 4 is 0 Å². The van der Waals surface area contributed by atoms with Crippen molar-refractivity contribution in [2.45, 2.75) is 82.7 Å². The maximum atomic E-state index is 14.7. The van der Waals surface area contributed by atoms with Gasteiger partial charge in [0.05, 0.1) is 12.2 Å². The Balaban J connectivity index is 1.30. The van der Waals surface area contributed by atoms with Gasteiger partial charge in [-0.25, -0.2) is 4.39 Å². The van der Waals surface area contributed by atoms with Gasteiger partial charge in [0.25, 0.3) is 0 Å². The van der Waals surface area contributed by atoms with Crippen molar-refractivity contribution in [3.63, 3.8) is 0 Å². The largest absolute Gasteiger partial charge is 0.386 e. The number of allylic oxidation sites excluding steroid dienone is 1. The minimum absolute atomic E-state index is 0.167. The minimum Gasteiger partial charge on any atom is -0.316 e. The Kier molecular flexibility index (Phi) is 8.18. The van der Waals surface area contributed by atoms with Gasteiger partial charge in [-0.2, -0.15) is 8.78 Å². The molecule has 2 aliphatic rings. The summed E-state index contributed by atoms with van der Waals surface area (Å²) in [6.07, 6.45) is 7.55. The Morgan fingerprint density at radius 2 is 1.47 bits per heavy atom. The molecular weight excluding hydrogens is 433 g/mol. The van der Waals surface area contributed by atoms with Gasteiger partial charge in [-0.05, 0) is 97.4 Å². The van der Waals surface area contributed by atoms with Crippen LogP contribution in [0.5, 0.6) is 0 Å². The summed E-state index contributed by atoms with van der Waals surface area (Å²) in [5.74, 6) is 1.25. The van der Waals surface area contributed by atoms with Crippen molar-refractivity contribution < 1.29 is 17.9 Å². The Morgan fingerprint density at radius 3 is 2.09 bits per heavy atom. The first kappa shape index (κ1) is 25.0. The SMILES string of the molecule is C=C[C@H]1CC[C@H](c2ccc(C(F)(F)OCCc3ccc([C@H]4CC[C@H](C)CC4)cc3)c(F)c2)CC1. The fourth-order valence-corrected chi connectivity index (χ4v) is 5.63. The molecule has 0 aliphatic heterocycles. The molecule has 0 unspecified atom stereocenters. The van der Waals surface area contributed by atoms with Crippen LogP contribution >= 0.6 is 0 Å². The maximum Gasteiger partial charge on any atom is 0.386 e. The van der Waals surface area contributed by atoms with Gasteiger partial charge in [0.15, 0.2) is 0 Å². The average Bonchev–Trinajstić information content (AvgIpc) is 2.85. The van der Waals surface area contributed by atoms with Crippen LogP contribution in [-0.4, -0.2) is 6.61 Å². The molecule has 4 rings (SSSR count). The van der Waals surface area contributed by atoms with Crippen LogP contribution in [0, 0.1) is 17.7 Å². The molecule has 0 saturated heterocycles. The van der Waals surface area contributed by atoms with Gasteiger partial charge in [-0.1, -0.05) is 56.2 Å². The molecule has 0 heterocycles. The minimum atomic E-state index is -3.65. The fraction of sp³-hybridized carbons (Fsp3) is 0.533. The lowest BCUT2D eigenvalue weighted by atomic mass is 9.78. The van der Waals surface area contributed by atoms with Crippen LogP contribution in [0.15, 0.2) is 55.1 Å². The van der Waals surface area contributed by atoms with Gasteiger partial charge in [0, 0.05) is 0 Å².